The van der Waals surface area contributed by atoms with Gasteiger partial charge in [-0.15, -0.1) is 0 Å². The molecule has 4 heteroatoms. The summed E-state index contributed by atoms with van der Waals surface area (Å²) >= 11 is 0. The van der Waals surface area contributed by atoms with Crippen molar-refractivity contribution in [1.82, 2.24) is 9.88 Å². The quantitative estimate of drug-likeness (QED) is 0.918. The van der Waals surface area contributed by atoms with Crippen LogP contribution in [0.15, 0.2) is 42.6 Å². The fourth-order valence-corrected chi connectivity index (χ4v) is 3.42. The van der Waals surface area contributed by atoms with E-state index in [1.165, 1.54) is 23.2 Å². The number of aromatic nitrogens is 1. The van der Waals surface area contributed by atoms with E-state index in [1.807, 2.05) is 6.20 Å². The molecular weight excluding hydrogens is 296 g/mol. The fourth-order valence-electron chi connectivity index (χ4n) is 3.42. The molecule has 0 radical (unpaired) electrons. The maximum Gasteiger partial charge on any atom is 0.0400 e. The molecule has 2 heterocycles. The Kier molecular flexibility index (Phi) is 5.83. The monoisotopic (exact) mass is 324 g/mol. The summed E-state index contributed by atoms with van der Waals surface area (Å²) in [6.45, 7) is 8.25. The van der Waals surface area contributed by atoms with E-state index >= 15 is 0 Å². The number of rotatable bonds is 5. The lowest BCUT2D eigenvalue weighted by Gasteiger charge is -2.24. The predicted molar refractivity (Wildman–Crippen MR) is 100 cm³/mol. The molecule has 0 atom stereocenters. The van der Waals surface area contributed by atoms with Crippen LogP contribution in [0.2, 0.25) is 0 Å². The van der Waals surface area contributed by atoms with Crippen LogP contribution in [0.5, 0.6) is 0 Å². The number of nitrogens with two attached hydrogens (primary N) is 1. The van der Waals surface area contributed by atoms with Gasteiger partial charge in [0.2, 0.25) is 0 Å². The molecule has 1 aromatic heterocycles. The van der Waals surface area contributed by atoms with Gasteiger partial charge in [-0.3, -0.25) is 9.88 Å². The Labute approximate surface area is 145 Å². The molecule has 0 spiro atoms. The standard InChI is InChI=1S/C20H28N4/c1-17-14-20(7-9-22-17)24-11-3-10-23(12-13-24)16-19-5-2-4-18(15-19)6-8-21/h2,4-5,7,9,14-15H,3,6,8,10-13,16,21H2,1H3. The summed E-state index contributed by atoms with van der Waals surface area (Å²) in [7, 11) is 0. The topological polar surface area (TPSA) is 45.4 Å². The molecule has 3 rings (SSSR count). The largest absolute Gasteiger partial charge is 0.370 e. The lowest BCUT2D eigenvalue weighted by molar-refractivity contribution is 0.285. The van der Waals surface area contributed by atoms with Crippen LogP contribution in [0.3, 0.4) is 0 Å². The first kappa shape index (κ1) is 16.9. The number of pyridine rings is 1. The van der Waals surface area contributed by atoms with Crippen molar-refractivity contribution in [3.05, 3.63) is 59.4 Å². The van der Waals surface area contributed by atoms with Gasteiger partial charge in [0.25, 0.3) is 0 Å². The van der Waals surface area contributed by atoms with Crippen molar-refractivity contribution < 1.29 is 0 Å². The Hall–Kier alpha value is -1.91. The van der Waals surface area contributed by atoms with E-state index in [0.29, 0.717) is 6.54 Å². The van der Waals surface area contributed by atoms with E-state index in [0.717, 1.165) is 44.8 Å². The van der Waals surface area contributed by atoms with Gasteiger partial charge in [-0.1, -0.05) is 24.3 Å². The Morgan fingerprint density at radius 1 is 1.04 bits per heavy atom. The predicted octanol–water partition coefficient (Wildman–Crippen LogP) is 2.60. The zero-order valence-electron chi connectivity index (χ0n) is 14.6. The van der Waals surface area contributed by atoms with E-state index in [-0.39, 0.29) is 0 Å². The Bertz CT molecular complexity index is 656. The van der Waals surface area contributed by atoms with Gasteiger partial charge < -0.3 is 10.6 Å². The molecule has 24 heavy (non-hydrogen) atoms. The molecule has 0 unspecified atom stereocenters. The minimum absolute atomic E-state index is 0.716. The highest BCUT2D eigenvalue weighted by atomic mass is 15.2. The maximum absolute atomic E-state index is 5.68. The van der Waals surface area contributed by atoms with Gasteiger partial charge in [0.1, 0.15) is 0 Å². The summed E-state index contributed by atoms with van der Waals surface area (Å²) in [6.07, 6.45) is 4.07. The first-order valence-electron chi connectivity index (χ1n) is 8.92. The Morgan fingerprint density at radius 2 is 1.92 bits per heavy atom. The van der Waals surface area contributed by atoms with E-state index in [1.54, 1.807) is 0 Å². The molecule has 1 aromatic carbocycles. The van der Waals surface area contributed by atoms with Crippen molar-refractivity contribution in [2.24, 2.45) is 5.73 Å². The summed E-state index contributed by atoms with van der Waals surface area (Å²) in [4.78, 5) is 9.36. The molecule has 1 saturated heterocycles. The van der Waals surface area contributed by atoms with Gasteiger partial charge in [-0.2, -0.15) is 0 Å². The van der Waals surface area contributed by atoms with Crippen molar-refractivity contribution in [2.45, 2.75) is 26.3 Å². The third-order valence-electron chi connectivity index (χ3n) is 4.66. The van der Waals surface area contributed by atoms with Gasteiger partial charge in [-0.05, 0) is 49.6 Å². The SMILES string of the molecule is Cc1cc(N2CCCN(Cc3cccc(CCN)c3)CC2)ccn1. The second-order valence-corrected chi connectivity index (χ2v) is 6.63. The Morgan fingerprint density at radius 3 is 2.75 bits per heavy atom. The molecule has 0 aliphatic carbocycles. The molecule has 1 aliphatic rings. The van der Waals surface area contributed by atoms with Crippen LogP contribution in [-0.4, -0.2) is 42.6 Å². The molecule has 0 amide bonds. The van der Waals surface area contributed by atoms with Crippen LogP contribution in [-0.2, 0) is 13.0 Å². The normalized spacial score (nSPS) is 16.2. The van der Waals surface area contributed by atoms with E-state index in [4.69, 9.17) is 5.73 Å². The maximum atomic E-state index is 5.68. The van der Waals surface area contributed by atoms with E-state index < -0.39 is 0 Å². The number of anilines is 1. The fraction of sp³-hybridized carbons (Fsp3) is 0.450. The summed E-state index contributed by atoms with van der Waals surface area (Å²) in [5.74, 6) is 0. The van der Waals surface area contributed by atoms with E-state index in [2.05, 4.69) is 58.1 Å². The number of nitrogens with zero attached hydrogens (tertiary/aromatic N) is 3. The number of hydrogen-bond donors (Lipinski definition) is 1. The zero-order chi connectivity index (χ0) is 16.8. The highest BCUT2D eigenvalue weighted by Gasteiger charge is 2.15. The highest BCUT2D eigenvalue weighted by Crippen LogP contribution is 2.18. The Balaban J connectivity index is 1.60. The van der Waals surface area contributed by atoms with E-state index in [9.17, 15) is 0 Å². The highest BCUT2D eigenvalue weighted by molar-refractivity contribution is 5.46. The van der Waals surface area contributed by atoms with Crippen LogP contribution in [0, 0.1) is 6.92 Å². The molecule has 4 nitrogen and oxygen atoms in total. The van der Waals surface area contributed by atoms with Crippen molar-refractivity contribution >= 4 is 5.69 Å². The molecule has 2 N–H and O–H groups in total. The lowest BCUT2D eigenvalue weighted by Crippen LogP contribution is -2.30. The molecule has 128 valence electrons. The second-order valence-electron chi connectivity index (χ2n) is 6.63. The van der Waals surface area contributed by atoms with Gasteiger partial charge in [-0.25, -0.2) is 0 Å². The number of aryl methyl sites for hydroxylation is 1. The second kappa shape index (κ2) is 8.27. The van der Waals surface area contributed by atoms with Crippen molar-refractivity contribution in [1.29, 1.82) is 0 Å². The van der Waals surface area contributed by atoms with Gasteiger partial charge in [0, 0.05) is 50.3 Å². The molecule has 1 aliphatic heterocycles. The molecular formula is C20H28N4. The lowest BCUT2D eigenvalue weighted by atomic mass is 10.1. The van der Waals surface area contributed by atoms with Crippen molar-refractivity contribution in [3.8, 4) is 0 Å². The summed E-state index contributed by atoms with van der Waals surface area (Å²) < 4.78 is 0. The van der Waals surface area contributed by atoms with Crippen molar-refractivity contribution in [3.63, 3.8) is 0 Å². The zero-order valence-corrected chi connectivity index (χ0v) is 14.6. The van der Waals surface area contributed by atoms with Crippen LogP contribution in [0.1, 0.15) is 23.2 Å². The smallest absolute Gasteiger partial charge is 0.0400 e. The molecule has 2 aromatic rings. The molecule has 1 fully saturated rings. The molecule has 0 bridgehead atoms. The first-order chi connectivity index (χ1) is 11.7. The van der Waals surface area contributed by atoms with Crippen LogP contribution < -0.4 is 10.6 Å². The van der Waals surface area contributed by atoms with Gasteiger partial charge in [0.15, 0.2) is 0 Å². The average Bonchev–Trinajstić information content (AvgIpc) is 2.81. The summed E-state index contributed by atoms with van der Waals surface area (Å²) in [5.41, 5.74) is 10.8. The summed E-state index contributed by atoms with van der Waals surface area (Å²) in [5, 5.41) is 0. The van der Waals surface area contributed by atoms with Crippen molar-refractivity contribution in [2.75, 3.05) is 37.6 Å². The third kappa shape index (κ3) is 4.56. The number of hydrogen-bond acceptors (Lipinski definition) is 4. The van der Waals surface area contributed by atoms with Gasteiger partial charge >= 0.3 is 0 Å². The average molecular weight is 324 g/mol. The minimum atomic E-state index is 0.716. The third-order valence-corrected chi connectivity index (χ3v) is 4.66. The van der Waals surface area contributed by atoms with Crippen LogP contribution >= 0.6 is 0 Å². The van der Waals surface area contributed by atoms with Crippen LogP contribution in [0.4, 0.5) is 5.69 Å². The molecule has 0 saturated carbocycles. The minimum Gasteiger partial charge on any atom is -0.370 e. The van der Waals surface area contributed by atoms with Gasteiger partial charge in [0.05, 0.1) is 0 Å². The first-order valence-corrected chi connectivity index (χ1v) is 8.92. The van der Waals surface area contributed by atoms with Crippen LogP contribution in [0.25, 0.3) is 0 Å². The summed E-state index contributed by atoms with van der Waals surface area (Å²) in [6, 6.07) is 13.2. The number of benzene rings is 1.